The molecule has 0 amide bonds. The Morgan fingerprint density at radius 2 is 1.59 bits per heavy atom. The molecule has 5 heteroatoms. The molecule has 0 aliphatic heterocycles. The van der Waals surface area contributed by atoms with E-state index in [2.05, 4.69) is 13.8 Å². The van der Waals surface area contributed by atoms with Crippen molar-refractivity contribution in [2.45, 2.75) is 19.8 Å². The summed E-state index contributed by atoms with van der Waals surface area (Å²) in [6.45, 7) is 4.11. The number of esters is 2. The lowest BCUT2D eigenvalue weighted by molar-refractivity contribution is 0.0398. The van der Waals surface area contributed by atoms with E-state index in [1.807, 2.05) is 12.1 Å². The summed E-state index contributed by atoms with van der Waals surface area (Å²) >= 11 is 11.7. The first-order chi connectivity index (χ1) is 10.4. The average molecular weight is 337 g/mol. The van der Waals surface area contributed by atoms with Crippen molar-refractivity contribution in [2.75, 3.05) is 0 Å². The fourth-order valence-corrected chi connectivity index (χ4v) is 2.34. The third-order valence-corrected chi connectivity index (χ3v) is 3.70. The maximum absolute atomic E-state index is 12.0. The Kier molecular flexibility index (Phi) is 5.22. The summed E-state index contributed by atoms with van der Waals surface area (Å²) in [5.74, 6) is -1.16. The predicted molar refractivity (Wildman–Crippen MR) is 86.7 cm³/mol. The van der Waals surface area contributed by atoms with Gasteiger partial charge in [-0.05, 0) is 41.8 Å². The van der Waals surface area contributed by atoms with E-state index in [1.54, 1.807) is 12.1 Å². The number of carbonyl (C=O) groups excluding carboxylic acids is 2. The van der Waals surface area contributed by atoms with Crippen LogP contribution in [0.1, 0.15) is 46.0 Å². The minimum Gasteiger partial charge on any atom is -0.386 e. The van der Waals surface area contributed by atoms with E-state index >= 15 is 0 Å². The molecule has 0 aromatic heterocycles. The fourth-order valence-electron chi connectivity index (χ4n) is 1.86. The average Bonchev–Trinajstić information content (AvgIpc) is 2.47. The van der Waals surface area contributed by atoms with Crippen molar-refractivity contribution in [1.82, 2.24) is 0 Å². The minimum absolute atomic E-state index is 0.0956. The van der Waals surface area contributed by atoms with E-state index in [0.29, 0.717) is 16.5 Å². The number of benzene rings is 2. The molecule has 114 valence electrons. The summed E-state index contributed by atoms with van der Waals surface area (Å²) in [5, 5.41) is 0.539. The van der Waals surface area contributed by atoms with Crippen molar-refractivity contribution in [2.24, 2.45) is 0 Å². The van der Waals surface area contributed by atoms with Gasteiger partial charge in [0, 0.05) is 5.02 Å². The van der Waals surface area contributed by atoms with E-state index in [9.17, 15) is 9.59 Å². The van der Waals surface area contributed by atoms with Crippen molar-refractivity contribution in [3.63, 3.8) is 0 Å². The number of halogens is 2. The lowest BCUT2D eigenvalue weighted by Gasteiger charge is -2.07. The van der Waals surface area contributed by atoms with Gasteiger partial charge in [0.1, 0.15) is 0 Å². The van der Waals surface area contributed by atoms with Crippen molar-refractivity contribution in [3.8, 4) is 0 Å². The molecule has 2 aromatic carbocycles. The lowest BCUT2D eigenvalue weighted by Crippen LogP contribution is -2.13. The van der Waals surface area contributed by atoms with Crippen LogP contribution in [0.2, 0.25) is 10.0 Å². The molecular formula is C17H14Cl2O3. The second-order valence-corrected chi connectivity index (χ2v) is 5.92. The number of hydrogen-bond acceptors (Lipinski definition) is 3. The van der Waals surface area contributed by atoms with E-state index in [-0.39, 0.29) is 10.6 Å². The molecule has 2 aromatic rings. The van der Waals surface area contributed by atoms with Crippen LogP contribution in [0.25, 0.3) is 0 Å². The topological polar surface area (TPSA) is 43.4 Å². The second kappa shape index (κ2) is 6.95. The Labute approximate surface area is 138 Å². The van der Waals surface area contributed by atoms with E-state index in [4.69, 9.17) is 27.9 Å². The molecule has 3 nitrogen and oxygen atoms in total. The maximum atomic E-state index is 12.0. The second-order valence-electron chi connectivity index (χ2n) is 5.08. The molecule has 2 rings (SSSR count). The van der Waals surface area contributed by atoms with Crippen LogP contribution in [0, 0.1) is 0 Å². The number of ether oxygens (including phenoxy) is 1. The number of hydrogen-bond donors (Lipinski definition) is 0. The fraction of sp³-hybridized carbons (Fsp3) is 0.176. The van der Waals surface area contributed by atoms with Crippen molar-refractivity contribution in [1.29, 1.82) is 0 Å². The summed E-state index contributed by atoms with van der Waals surface area (Å²) in [6, 6.07) is 11.3. The van der Waals surface area contributed by atoms with Gasteiger partial charge >= 0.3 is 11.9 Å². The molecule has 0 atom stereocenters. The van der Waals surface area contributed by atoms with E-state index in [0.717, 1.165) is 5.56 Å². The molecule has 0 spiro atoms. The first-order valence-electron chi connectivity index (χ1n) is 6.70. The van der Waals surface area contributed by atoms with Crippen LogP contribution >= 0.6 is 23.2 Å². The molecule has 0 saturated carbocycles. The summed E-state index contributed by atoms with van der Waals surface area (Å²) in [7, 11) is 0. The van der Waals surface area contributed by atoms with Gasteiger partial charge in [-0.25, -0.2) is 9.59 Å². The Morgan fingerprint density at radius 3 is 2.14 bits per heavy atom. The third kappa shape index (κ3) is 3.87. The maximum Gasteiger partial charge on any atom is 0.347 e. The van der Waals surface area contributed by atoms with Gasteiger partial charge in [-0.2, -0.15) is 0 Å². The highest BCUT2D eigenvalue weighted by atomic mass is 35.5. The van der Waals surface area contributed by atoms with Crippen LogP contribution in [0.5, 0.6) is 0 Å². The zero-order chi connectivity index (χ0) is 16.3. The molecule has 0 bridgehead atoms. The Hall–Kier alpha value is -1.84. The van der Waals surface area contributed by atoms with Crippen molar-refractivity contribution < 1.29 is 14.3 Å². The molecule has 0 N–H and O–H groups in total. The van der Waals surface area contributed by atoms with Crippen LogP contribution in [0.3, 0.4) is 0 Å². The lowest BCUT2D eigenvalue weighted by atomic mass is 10.0. The van der Waals surface area contributed by atoms with Crippen molar-refractivity contribution >= 4 is 35.1 Å². The SMILES string of the molecule is CC(C)c1ccc(C(=O)OC(=O)c2ccc(Cl)cc2Cl)cc1. The molecule has 0 saturated heterocycles. The van der Waals surface area contributed by atoms with Gasteiger partial charge in [-0.3, -0.25) is 0 Å². The highest BCUT2D eigenvalue weighted by Gasteiger charge is 2.17. The molecule has 0 fully saturated rings. The monoisotopic (exact) mass is 336 g/mol. The standard InChI is InChI=1S/C17H14Cl2O3/c1-10(2)11-3-5-12(6-4-11)16(20)22-17(21)14-8-7-13(18)9-15(14)19/h3-10H,1-2H3. The molecule has 0 heterocycles. The molecule has 0 unspecified atom stereocenters. The number of carbonyl (C=O) groups is 2. The Bertz CT molecular complexity index is 706. The molecule has 0 radical (unpaired) electrons. The zero-order valence-electron chi connectivity index (χ0n) is 12.1. The van der Waals surface area contributed by atoms with Gasteiger partial charge in [0.05, 0.1) is 16.1 Å². The minimum atomic E-state index is -0.806. The quantitative estimate of drug-likeness (QED) is 0.577. The van der Waals surface area contributed by atoms with Gasteiger partial charge in [-0.15, -0.1) is 0 Å². The molecule has 0 aliphatic carbocycles. The molecular weight excluding hydrogens is 323 g/mol. The van der Waals surface area contributed by atoms with Gasteiger partial charge in [0.25, 0.3) is 0 Å². The van der Waals surface area contributed by atoms with Gasteiger partial charge in [0.15, 0.2) is 0 Å². The summed E-state index contributed by atoms with van der Waals surface area (Å²) in [4.78, 5) is 23.9. The summed E-state index contributed by atoms with van der Waals surface area (Å²) in [6.07, 6.45) is 0. The van der Waals surface area contributed by atoms with E-state index < -0.39 is 11.9 Å². The van der Waals surface area contributed by atoms with E-state index in [1.165, 1.54) is 18.2 Å². The zero-order valence-corrected chi connectivity index (χ0v) is 13.6. The van der Waals surface area contributed by atoms with Crippen molar-refractivity contribution in [3.05, 3.63) is 69.2 Å². The van der Waals surface area contributed by atoms with Gasteiger partial charge < -0.3 is 4.74 Å². The van der Waals surface area contributed by atoms with Gasteiger partial charge in [-0.1, -0.05) is 49.2 Å². The number of rotatable bonds is 3. The Balaban J connectivity index is 2.12. The van der Waals surface area contributed by atoms with Crippen LogP contribution < -0.4 is 0 Å². The first-order valence-corrected chi connectivity index (χ1v) is 7.45. The summed E-state index contributed by atoms with van der Waals surface area (Å²) < 4.78 is 4.84. The van der Waals surface area contributed by atoms with Crippen LogP contribution in [-0.4, -0.2) is 11.9 Å². The van der Waals surface area contributed by atoms with Crippen LogP contribution in [0.4, 0.5) is 0 Å². The third-order valence-electron chi connectivity index (χ3n) is 3.15. The highest BCUT2D eigenvalue weighted by molar-refractivity contribution is 6.36. The molecule has 22 heavy (non-hydrogen) atoms. The highest BCUT2D eigenvalue weighted by Crippen LogP contribution is 2.22. The first kappa shape index (κ1) is 16.5. The normalized spacial score (nSPS) is 10.6. The Morgan fingerprint density at radius 1 is 0.955 bits per heavy atom. The van der Waals surface area contributed by atoms with Crippen LogP contribution in [-0.2, 0) is 4.74 Å². The largest absolute Gasteiger partial charge is 0.386 e. The summed E-state index contributed by atoms with van der Waals surface area (Å²) in [5.41, 5.74) is 1.50. The predicted octanol–water partition coefficient (Wildman–Crippen LogP) is 5.11. The van der Waals surface area contributed by atoms with Crippen LogP contribution in [0.15, 0.2) is 42.5 Å². The van der Waals surface area contributed by atoms with Gasteiger partial charge in [0.2, 0.25) is 0 Å². The molecule has 0 aliphatic rings. The smallest absolute Gasteiger partial charge is 0.347 e.